The molecule has 0 amide bonds. The van der Waals surface area contributed by atoms with Gasteiger partial charge in [-0.1, -0.05) is 19.1 Å². The number of pyridine rings is 1. The maximum Gasteiger partial charge on any atom is 0.132 e. The summed E-state index contributed by atoms with van der Waals surface area (Å²) < 4.78 is 1.97. The topological polar surface area (TPSA) is 66.5 Å². The molecule has 2 heterocycles. The summed E-state index contributed by atoms with van der Waals surface area (Å²) in [6.07, 6.45) is 4.89. The fourth-order valence-electron chi connectivity index (χ4n) is 2.50. The van der Waals surface area contributed by atoms with Crippen molar-refractivity contribution >= 4 is 22.5 Å². The number of hydrogen-bond acceptors (Lipinski definition) is 4. The minimum absolute atomic E-state index is 0.437. The van der Waals surface area contributed by atoms with E-state index >= 15 is 0 Å². The van der Waals surface area contributed by atoms with Gasteiger partial charge in [0.2, 0.25) is 0 Å². The largest absolute Gasteiger partial charge is 0.340 e. The van der Waals surface area contributed by atoms with Crippen molar-refractivity contribution in [3.8, 4) is 6.07 Å². The SMILES string of the molecule is CCc1cc(CC#N)ccc1Nc1cc2c(cn1)ncn2C. The van der Waals surface area contributed by atoms with Gasteiger partial charge in [-0.2, -0.15) is 5.26 Å². The van der Waals surface area contributed by atoms with E-state index < -0.39 is 0 Å². The van der Waals surface area contributed by atoms with Gasteiger partial charge in [-0.15, -0.1) is 0 Å². The number of nitrogens with one attached hydrogen (secondary N) is 1. The third kappa shape index (κ3) is 2.63. The van der Waals surface area contributed by atoms with Gasteiger partial charge >= 0.3 is 0 Å². The van der Waals surface area contributed by atoms with Crippen LogP contribution in [0.2, 0.25) is 0 Å². The first kappa shape index (κ1) is 14.1. The fraction of sp³-hybridized carbons (Fsp3) is 0.235. The van der Waals surface area contributed by atoms with Crippen molar-refractivity contribution in [1.29, 1.82) is 5.26 Å². The molecule has 0 spiro atoms. The van der Waals surface area contributed by atoms with Gasteiger partial charge < -0.3 is 9.88 Å². The fourth-order valence-corrected chi connectivity index (χ4v) is 2.50. The van der Waals surface area contributed by atoms with Crippen molar-refractivity contribution in [2.24, 2.45) is 7.05 Å². The Labute approximate surface area is 129 Å². The van der Waals surface area contributed by atoms with Gasteiger partial charge in [0, 0.05) is 18.8 Å². The van der Waals surface area contributed by atoms with E-state index in [1.54, 1.807) is 12.5 Å². The lowest BCUT2D eigenvalue weighted by Gasteiger charge is -2.12. The van der Waals surface area contributed by atoms with Crippen LogP contribution in [0, 0.1) is 11.3 Å². The molecule has 0 bridgehead atoms. The van der Waals surface area contributed by atoms with Crippen LogP contribution >= 0.6 is 0 Å². The molecule has 0 fully saturated rings. The molecule has 0 aliphatic rings. The molecular formula is C17H17N5. The second-order valence-electron chi connectivity index (χ2n) is 5.22. The predicted molar refractivity (Wildman–Crippen MR) is 86.9 cm³/mol. The molecule has 0 saturated heterocycles. The lowest BCUT2D eigenvalue weighted by molar-refractivity contribution is 0.947. The molecule has 3 rings (SSSR count). The number of anilines is 2. The Morgan fingerprint density at radius 2 is 2.14 bits per heavy atom. The monoisotopic (exact) mass is 291 g/mol. The van der Waals surface area contributed by atoms with E-state index in [1.165, 1.54) is 5.56 Å². The molecule has 110 valence electrons. The second-order valence-corrected chi connectivity index (χ2v) is 5.22. The Bertz CT molecular complexity index is 857. The summed E-state index contributed by atoms with van der Waals surface area (Å²) in [6.45, 7) is 2.11. The van der Waals surface area contributed by atoms with Crippen LogP contribution < -0.4 is 5.32 Å². The smallest absolute Gasteiger partial charge is 0.132 e. The molecule has 1 aromatic carbocycles. The van der Waals surface area contributed by atoms with Crippen LogP contribution in [0.25, 0.3) is 11.0 Å². The Hall–Kier alpha value is -2.87. The highest BCUT2D eigenvalue weighted by atomic mass is 15.0. The zero-order valence-corrected chi connectivity index (χ0v) is 12.7. The van der Waals surface area contributed by atoms with Crippen molar-refractivity contribution in [1.82, 2.24) is 14.5 Å². The highest BCUT2D eigenvalue weighted by molar-refractivity contribution is 5.78. The highest BCUT2D eigenvalue weighted by Gasteiger charge is 2.06. The van der Waals surface area contributed by atoms with Gasteiger partial charge in [-0.25, -0.2) is 9.97 Å². The van der Waals surface area contributed by atoms with Crippen molar-refractivity contribution in [3.63, 3.8) is 0 Å². The average molecular weight is 291 g/mol. The highest BCUT2D eigenvalue weighted by Crippen LogP contribution is 2.23. The second kappa shape index (κ2) is 5.86. The maximum absolute atomic E-state index is 8.81. The third-order valence-electron chi connectivity index (χ3n) is 3.71. The number of rotatable bonds is 4. The number of fused-ring (bicyclic) bond motifs is 1. The van der Waals surface area contributed by atoms with E-state index in [-0.39, 0.29) is 0 Å². The number of nitriles is 1. The van der Waals surface area contributed by atoms with E-state index in [0.29, 0.717) is 6.42 Å². The van der Waals surface area contributed by atoms with Gasteiger partial charge in [0.1, 0.15) is 11.3 Å². The molecule has 1 N–H and O–H groups in total. The number of aryl methyl sites for hydroxylation is 2. The summed E-state index contributed by atoms with van der Waals surface area (Å²) >= 11 is 0. The van der Waals surface area contributed by atoms with E-state index in [2.05, 4.69) is 34.3 Å². The van der Waals surface area contributed by atoms with E-state index in [0.717, 1.165) is 34.5 Å². The van der Waals surface area contributed by atoms with Crippen LogP contribution in [0.4, 0.5) is 11.5 Å². The lowest BCUT2D eigenvalue weighted by Crippen LogP contribution is -1.99. The Morgan fingerprint density at radius 1 is 1.27 bits per heavy atom. The summed E-state index contributed by atoms with van der Waals surface area (Å²) in [5.41, 5.74) is 5.17. The number of hydrogen-bond donors (Lipinski definition) is 1. The van der Waals surface area contributed by atoms with Crippen LogP contribution in [0.5, 0.6) is 0 Å². The molecule has 5 heteroatoms. The minimum Gasteiger partial charge on any atom is -0.340 e. The van der Waals surface area contributed by atoms with Gasteiger partial charge in [-0.05, 0) is 23.6 Å². The number of aromatic nitrogens is 3. The molecule has 5 nitrogen and oxygen atoms in total. The third-order valence-corrected chi connectivity index (χ3v) is 3.71. The van der Waals surface area contributed by atoms with Crippen molar-refractivity contribution in [3.05, 3.63) is 47.9 Å². The molecule has 0 aliphatic heterocycles. The first-order chi connectivity index (χ1) is 10.7. The molecule has 2 aromatic heterocycles. The quantitative estimate of drug-likeness (QED) is 0.800. The van der Waals surface area contributed by atoms with Crippen LogP contribution in [0.1, 0.15) is 18.1 Å². The minimum atomic E-state index is 0.437. The predicted octanol–water partition coefficient (Wildman–Crippen LogP) is 3.34. The summed E-state index contributed by atoms with van der Waals surface area (Å²) in [4.78, 5) is 8.68. The van der Waals surface area contributed by atoms with Crippen LogP contribution in [-0.2, 0) is 19.9 Å². The van der Waals surface area contributed by atoms with Gasteiger partial charge in [0.25, 0.3) is 0 Å². The maximum atomic E-state index is 8.81. The van der Waals surface area contributed by atoms with E-state index in [1.807, 2.05) is 29.8 Å². The number of benzene rings is 1. The van der Waals surface area contributed by atoms with Crippen LogP contribution in [0.3, 0.4) is 0 Å². The van der Waals surface area contributed by atoms with Gasteiger partial charge in [0.05, 0.1) is 30.5 Å². The van der Waals surface area contributed by atoms with E-state index in [4.69, 9.17) is 5.26 Å². The van der Waals surface area contributed by atoms with Crippen molar-refractivity contribution in [2.75, 3.05) is 5.32 Å². The molecule has 0 aliphatic carbocycles. The van der Waals surface area contributed by atoms with E-state index in [9.17, 15) is 0 Å². The number of imidazole rings is 1. The van der Waals surface area contributed by atoms with Gasteiger partial charge in [-0.3, -0.25) is 0 Å². The first-order valence-corrected chi connectivity index (χ1v) is 7.24. The van der Waals surface area contributed by atoms with Crippen LogP contribution in [0.15, 0.2) is 36.8 Å². The molecule has 0 saturated carbocycles. The van der Waals surface area contributed by atoms with Gasteiger partial charge in [0.15, 0.2) is 0 Å². The Morgan fingerprint density at radius 3 is 2.91 bits per heavy atom. The average Bonchev–Trinajstić information content (AvgIpc) is 2.90. The molecule has 0 unspecified atom stereocenters. The molecule has 0 radical (unpaired) electrons. The Balaban J connectivity index is 1.93. The number of nitrogens with zero attached hydrogens (tertiary/aromatic N) is 4. The molecule has 0 atom stereocenters. The standard InChI is InChI=1S/C17H17N5/c1-3-13-8-12(6-7-18)4-5-14(13)21-17-9-16-15(10-19-17)20-11-22(16)2/h4-5,8-11H,3,6H2,1-2H3,(H,19,21). The van der Waals surface area contributed by atoms with Crippen molar-refractivity contribution < 1.29 is 0 Å². The van der Waals surface area contributed by atoms with Crippen molar-refractivity contribution in [2.45, 2.75) is 19.8 Å². The first-order valence-electron chi connectivity index (χ1n) is 7.24. The summed E-state index contributed by atoms with van der Waals surface area (Å²) in [7, 11) is 1.97. The summed E-state index contributed by atoms with van der Waals surface area (Å²) in [5.74, 6) is 0.791. The summed E-state index contributed by atoms with van der Waals surface area (Å²) in [5, 5.41) is 12.2. The zero-order valence-electron chi connectivity index (χ0n) is 12.7. The molecule has 22 heavy (non-hydrogen) atoms. The molecule has 3 aromatic rings. The summed E-state index contributed by atoms with van der Waals surface area (Å²) in [6, 6.07) is 10.2. The zero-order chi connectivity index (χ0) is 15.5. The Kier molecular flexibility index (Phi) is 3.75. The normalized spacial score (nSPS) is 10.6. The van der Waals surface area contributed by atoms with Crippen LogP contribution in [-0.4, -0.2) is 14.5 Å². The molecular weight excluding hydrogens is 274 g/mol. The lowest BCUT2D eigenvalue weighted by atomic mass is 10.0.